The number of nitrogens with two attached hydrogens (primary N) is 1. The lowest BCUT2D eigenvalue weighted by atomic mass is 10.3. The minimum atomic E-state index is -4.29. The van der Waals surface area contributed by atoms with E-state index in [1.165, 1.54) is 19.2 Å². The van der Waals surface area contributed by atoms with Gasteiger partial charge in [0.15, 0.2) is 0 Å². The predicted octanol–water partition coefficient (Wildman–Crippen LogP) is 0.488. The maximum atomic E-state index is 11.8. The van der Waals surface area contributed by atoms with E-state index in [1.54, 1.807) is 0 Å². The summed E-state index contributed by atoms with van der Waals surface area (Å²) in [5.74, 6) is -1.48. The van der Waals surface area contributed by atoms with Crippen LogP contribution in [0.4, 0.5) is 5.69 Å². The lowest BCUT2D eigenvalue weighted by Gasteiger charge is -2.08. The highest BCUT2D eigenvalue weighted by atomic mass is 32.2. The second-order valence-corrected chi connectivity index (χ2v) is 5.24. The van der Waals surface area contributed by atoms with E-state index in [0.717, 1.165) is 13.0 Å². The molecule has 0 amide bonds. The van der Waals surface area contributed by atoms with Crippen LogP contribution in [0.1, 0.15) is 13.3 Å². The largest absolute Gasteiger partial charge is 0.495 e. The van der Waals surface area contributed by atoms with Crippen LogP contribution >= 0.6 is 0 Å². The van der Waals surface area contributed by atoms with Crippen LogP contribution in [0.5, 0.6) is 5.75 Å². The van der Waals surface area contributed by atoms with Gasteiger partial charge in [-0.15, -0.1) is 0 Å². The number of carbonyl (C=O) groups is 2. The summed E-state index contributed by atoms with van der Waals surface area (Å²) >= 11 is 0. The summed E-state index contributed by atoms with van der Waals surface area (Å²) in [7, 11) is -2.97. The van der Waals surface area contributed by atoms with Crippen molar-refractivity contribution in [3.63, 3.8) is 0 Å². The third kappa shape index (κ3) is 3.95. The number of hydrogen-bond acceptors (Lipinski definition) is 7. The van der Waals surface area contributed by atoms with E-state index in [0.29, 0.717) is 0 Å². The van der Waals surface area contributed by atoms with Gasteiger partial charge in [-0.2, -0.15) is 8.42 Å². The summed E-state index contributed by atoms with van der Waals surface area (Å²) < 4.78 is 32.7. The van der Waals surface area contributed by atoms with Gasteiger partial charge in [0.05, 0.1) is 12.8 Å². The van der Waals surface area contributed by atoms with E-state index >= 15 is 0 Å². The van der Waals surface area contributed by atoms with Gasteiger partial charge < -0.3 is 14.7 Å². The highest BCUT2D eigenvalue weighted by molar-refractivity contribution is 7.87. The van der Waals surface area contributed by atoms with Gasteiger partial charge in [-0.1, -0.05) is 0 Å². The minimum absolute atomic E-state index is 0.142. The molecule has 104 valence electrons. The molecule has 19 heavy (non-hydrogen) atoms. The topological polar surface area (TPSA) is 113 Å². The van der Waals surface area contributed by atoms with Crippen molar-refractivity contribution in [1.82, 2.24) is 0 Å². The molecule has 0 radical (unpaired) electrons. The summed E-state index contributed by atoms with van der Waals surface area (Å²) in [5.41, 5.74) is 5.78. The zero-order valence-electron chi connectivity index (χ0n) is 10.4. The third-order valence-corrected chi connectivity index (χ3v) is 3.33. The number of methoxy groups -OCH3 is 1. The van der Waals surface area contributed by atoms with Crippen molar-refractivity contribution in [2.45, 2.75) is 18.2 Å². The number of benzene rings is 1. The zero-order valence-corrected chi connectivity index (χ0v) is 11.2. The van der Waals surface area contributed by atoms with E-state index in [-0.39, 0.29) is 16.3 Å². The normalized spacial score (nSPS) is 10.8. The van der Waals surface area contributed by atoms with Crippen molar-refractivity contribution >= 4 is 27.6 Å². The fraction of sp³-hybridized carbons (Fsp3) is 0.273. The Balaban J connectivity index is 3.01. The van der Waals surface area contributed by atoms with Gasteiger partial charge in [0.1, 0.15) is 22.8 Å². The highest BCUT2D eigenvalue weighted by Crippen LogP contribution is 2.25. The van der Waals surface area contributed by atoms with Crippen molar-refractivity contribution in [2.75, 3.05) is 12.8 Å². The molecule has 1 rings (SSSR count). The van der Waals surface area contributed by atoms with Gasteiger partial charge in [-0.25, -0.2) is 0 Å². The molecule has 0 unspecified atom stereocenters. The molecule has 0 aliphatic heterocycles. The number of rotatable bonds is 5. The van der Waals surface area contributed by atoms with Crippen LogP contribution in [0.3, 0.4) is 0 Å². The number of carbonyl (C=O) groups excluding carboxylic acids is 2. The number of Topliss-reactive ketones (excluding diaryl/α,β-unsaturated/α-hetero) is 1. The van der Waals surface area contributed by atoms with Crippen molar-refractivity contribution in [2.24, 2.45) is 0 Å². The average Bonchev–Trinajstić information content (AvgIpc) is 2.27. The Morgan fingerprint density at radius 1 is 1.32 bits per heavy atom. The first-order chi connectivity index (χ1) is 8.76. The molecular weight excluding hydrogens is 274 g/mol. The van der Waals surface area contributed by atoms with Crippen molar-refractivity contribution < 1.29 is 26.9 Å². The van der Waals surface area contributed by atoms with Crippen LogP contribution in [0, 0.1) is 0 Å². The molecule has 8 heteroatoms. The molecule has 1 aromatic rings. The van der Waals surface area contributed by atoms with Crippen LogP contribution in [0.25, 0.3) is 0 Å². The van der Waals surface area contributed by atoms with Gasteiger partial charge in [0.25, 0.3) is 0 Å². The second kappa shape index (κ2) is 5.70. The minimum Gasteiger partial charge on any atom is -0.495 e. The van der Waals surface area contributed by atoms with Crippen molar-refractivity contribution in [3.8, 4) is 5.75 Å². The molecule has 1 aromatic carbocycles. The first-order valence-corrected chi connectivity index (χ1v) is 6.57. The molecule has 0 bridgehead atoms. The smallest absolute Gasteiger partial charge is 0.341 e. The maximum absolute atomic E-state index is 11.8. The Kier molecular flexibility index (Phi) is 4.49. The molecule has 0 spiro atoms. The molecule has 0 aliphatic carbocycles. The Labute approximate surface area is 110 Å². The molecule has 0 heterocycles. The van der Waals surface area contributed by atoms with E-state index in [2.05, 4.69) is 4.18 Å². The molecule has 0 fully saturated rings. The van der Waals surface area contributed by atoms with Crippen molar-refractivity contribution in [1.29, 1.82) is 0 Å². The predicted molar refractivity (Wildman–Crippen MR) is 66.0 cm³/mol. The van der Waals surface area contributed by atoms with E-state index in [4.69, 9.17) is 10.5 Å². The maximum Gasteiger partial charge on any atom is 0.341 e. The molecule has 0 saturated heterocycles. The monoisotopic (exact) mass is 287 g/mol. The zero-order chi connectivity index (χ0) is 14.6. The summed E-state index contributed by atoms with van der Waals surface area (Å²) in [5, 5.41) is 0. The average molecular weight is 287 g/mol. The summed E-state index contributed by atoms with van der Waals surface area (Å²) in [6, 6.07) is 3.62. The van der Waals surface area contributed by atoms with Crippen LogP contribution < -0.4 is 10.5 Å². The van der Waals surface area contributed by atoms with Gasteiger partial charge in [-0.05, 0) is 19.1 Å². The second-order valence-electron chi connectivity index (χ2n) is 3.69. The Morgan fingerprint density at radius 2 is 1.95 bits per heavy atom. The number of nitrogen functional groups attached to an aromatic ring is 1. The van der Waals surface area contributed by atoms with Gasteiger partial charge in [0, 0.05) is 6.07 Å². The molecule has 0 aromatic heterocycles. The fourth-order valence-corrected chi connectivity index (χ4v) is 2.14. The van der Waals surface area contributed by atoms with E-state index < -0.39 is 28.3 Å². The van der Waals surface area contributed by atoms with Crippen molar-refractivity contribution in [3.05, 3.63) is 18.2 Å². The van der Waals surface area contributed by atoms with Crippen LogP contribution in [-0.4, -0.2) is 27.3 Å². The molecule has 7 nitrogen and oxygen atoms in total. The molecule has 0 atom stereocenters. The van der Waals surface area contributed by atoms with Crippen LogP contribution in [0.15, 0.2) is 23.1 Å². The Bertz CT molecular complexity index is 608. The summed E-state index contributed by atoms with van der Waals surface area (Å²) in [4.78, 5) is 21.6. The summed E-state index contributed by atoms with van der Waals surface area (Å²) in [6.07, 6.45) is -0.606. The van der Waals surface area contributed by atoms with Crippen LogP contribution in [0.2, 0.25) is 0 Å². The lowest BCUT2D eigenvalue weighted by Crippen LogP contribution is -2.15. The third-order valence-electron chi connectivity index (χ3n) is 2.09. The summed E-state index contributed by atoms with van der Waals surface area (Å²) in [6.45, 7) is 1.15. The number of ether oxygens (including phenoxy) is 1. The van der Waals surface area contributed by atoms with Gasteiger partial charge >= 0.3 is 16.1 Å². The van der Waals surface area contributed by atoms with Crippen LogP contribution in [-0.2, 0) is 23.9 Å². The number of anilines is 1. The number of ketones is 1. The Hall–Kier alpha value is -2.09. The lowest BCUT2D eigenvalue weighted by molar-refractivity contribution is -0.136. The first-order valence-electron chi connectivity index (χ1n) is 5.16. The van der Waals surface area contributed by atoms with Gasteiger partial charge in [0.2, 0.25) is 0 Å². The number of hydrogen-bond donors (Lipinski definition) is 1. The molecular formula is C11H13NO6S. The van der Waals surface area contributed by atoms with E-state index in [1.807, 2.05) is 0 Å². The fourth-order valence-electron chi connectivity index (χ4n) is 1.25. The molecule has 2 N–H and O–H groups in total. The quantitative estimate of drug-likeness (QED) is 0.476. The SMILES string of the molecule is COc1cc(S(=O)(=O)OC(=O)CC(C)=O)ccc1N. The Morgan fingerprint density at radius 3 is 2.47 bits per heavy atom. The van der Waals surface area contributed by atoms with Gasteiger partial charge in [-0.3, -0.25) is 9.59 Å². The van der Waals surface area contributed by atoms with E-state index in [9.17, 15) is 18.0 Å². The standard InChI is InChI=1S/C11H13NO6S/c1-7(13)5-11(14)18-19(15,16)8-3-4-9(12)10(6-8)17-2/h3-4,6H,5,12H2,1-2H3. The highest BCUT2D eigenvalue weighted by Gasteiger charge is 2.22. The molecule has 0 aliphatic rings. The molecule has 0 saturated carbocycles. The first kappa shape index (κ1) is 15.0.